The third-order valence-corrected chi connectivity index (χ3v) is 4.89. The first-order chi connectivity index (χ1) is 14.1. The van der Waals surface area contributed by atoms with Crippen molar-refractivity contribution in [2.24, 2.45) is 4.99 Å². The molecule has 0 bridgehead atoms. The van der Waals surface area contributed by atoms with Gasteiger partial charge in [0.2, 0.25) is 0 Å². The lowest BCUT2D eigenvalue weighted by Gasteiger charge is -2.06. The number of H-pyrrole nitrogens is 2. The van der Waals surface area contributed by atoms with Crippen LogP contribution in [0.1, 0.15) is 17.0 Å². The zero-order chi connectivity index (χ0) is 20.5. The number of hydrogen-bond acceptors (Lipinski definition) is 6. The number of nitrogens with zero attached hydrogens (tertiary/aromatic N) is 2. The Labute approximate surface area is 171 Å². The van der Waals surface area contributed by atoms with Crippen molar-refractivity contribution in [1.82, 2.24) is 15.2 Å². The maximum atomic E-state index is 12.1. The number of carbonyl (C=O) groups is 1. The molecule has 0 aliphatic heterocycles. The Morgan fingerprint density at radius 1 is 1.10 bits per heavy atom. The summed E-state index contributed by atoms with van der Waals surface area (Å²) in [7, 11) is 1.62. The minimum Gasteiger partial charge on any atom is -0.497 e. The standard InChI is InChI=1S/C20H20N4O4S/c1-27-16-9-7-15(8-10-16)12-29-13-17(18-22-19(25)24-23-18)21-20(26)28-11-14-5-3-2-4-6-14/h2-10H,11-13H2,1H3,(H2,22,23,24,25). The van der Waals surface area contributed by atoms with Gasteiger partial charge in [-0.15, -0.1) is 0 Å². The number of benzene rings is 2. The number of amides is 1. The van der Waals surface area contributed by atoms with Gasteiger partial charge in [-0.25, -0.2) is 14.7 Å². The maximum Gasteiger partial charge on any atom is 0.434 e. The number of aromatic amines is 2. The fraction of sp³-hybridized carbons (Fsp3) is 0.200. The molecule has 9 heteroatoms. The number of rotatable bonds is 8. The predicted octanol–water partition coefficient (Wildman–Crippen LogP) is 3.17. The van der Waals surface area contributed by atoms with Crippen LogP contribution >= 0.6 is 11.8 Å². The van der Waals surface area contributed by atoms with Crippen molar-refractivity contribution in [3.8, 4) is 5.75 Å². The van der Waals surface area contributed by atoms with Gasteiger partial charge in [0, 0.05) is 11.5 Å². The summed E-state index contributed by atoms with van der Waals surface area (Å²) in [6, 6.07) is 17.0. The maximum absolute atomic E-state index is 12.1. The van der Waals surface area contributed by atoms with Gasteiger partial charge in [0.15, 0.2) is 5.82 Å². The third-order valence-electron chi connectivity index (χ3n) is 3.87. The molecule has 0 unspecified atom stereocenters. The lowest BCUT2D eigenvalue weighted by Crippen LogP contribution is -2.13. The van der Waals surface area contributed by atoms with Crippen molar-refractivity contribution in [2.75, 3.05) is 12.9 Å². The van der Waals surface area contributed by atoms with Crippen LogP contribution in [-0.4, -0.2) is 39.8 Å². The third kappa shape index (κ3) is 6.35. The van der Waals surface area contributed by atoms with E-state index in [1.165, 1.54) is 11.8 Å². The van der Waals surface area contributed by atoms with Gasteiger partial charge in [-0.2, -0.15) is 21.9 Å². The van der Waals surface area contributed by atoms with E-state index < -0.39 is 11.8 Å². The van der Waals surface area contributed by atoms with Crippen molar-refractivity contribution < 1.29 is 14.3 Å². The van der Waals surface area contributed by atoms with Gasteiger partial charge in [-0.1, -0.05) is 42.5 Å². The molecular formula is C20H20N4O4S. The SMILES string of the molecule is COc1ccc(CSCC(=NC(=O)OCc2ccccc2)c2n[nH]c(=O)[nH]2)cc1. The monoisotopic (exact) mass is 412 g/mol. The van der Waals surface area contributed by atoms with Crippen LogP contribution in [0, 0.1) is 0 Å². The first-order valence-corrected chi connectivity index (χ1v) is 9.93. The average molecular weight is 412 g/mol. The number of aliphatic imine (C=N–C) groups is 1. The smallest absolute Gasteiger partial charge is 0.434 e. The molecule has 3 rings (SSSR count). The number of hydrogen-bond donors (Lipinski definition) is 2. The highest BCUT2D eigenvalue weighted by Gasteiger charge is 2.12. The summed E-state index contributed by atoms with van der Waals surface area (Å²) in [6.07, 6.45) is -0.738. The first kappa shape index (κ1) is 20.4. The van der Waals surface area contributed by atoms with Crippen molar-refractivity contribution >= 4 is 23.6 Å². The lowest BCUT2D eigenvalue weighted by molar-refractivity contribution is 0.151. The molecule has 0 atom stereocenters. The molecule has 2 N–H and O–H groups in total. The zero-order valence-corrected chi connectivity index (χ0v) is 16.6. The van der Waals surface area contributed by atoms with E-state index in [9.17, 15) is 9.59 Å². The number of methoxy groups -OCH3 is 1. The van der Waals surface area contributed by atoms with E-state index in [0.29, 0.717) is 17.2 Å². The van der Waals surface area contributed by atoms with Crippen LogP contribution in [0.2, 0.25) is 0 Å². The predicted molar refractivity (Wildman–Crippen MR) is 112 cm³/mol. The van der Waals surface area contributed by atoms with Crippen LogP contribution in [0.3, 0.4) is 0 Å². The zero-order valence-electron chi connectivity index (χ0n) is 15.8. The quantitative estimate of drug-likeness (QED) is 0.550. The topological polar surface area (TPSA) is 109 Å². The minimum atomic E-state index is -0.738. The van der Waals surface area contributed by atoms with Crippen LogP contribution in [-0.2, 0) is 17.1 Å². The molecule has 1 aromatic heterocycles. The van der Waals surface area contributed by atoms with Crippen LogP contribution in [0.5, 0.6) is 5.75 Å². The Morgan fingerprint density at radius 3 is 2.52 bits per heavy atom. The molecule has 1 heterocycles. The van der Waals surface area contributed by atoms with Crippen molar-refractivity contribution in [3.05, 3.63) is 82.0 Å². The van der Waals surface area contributed by atoms with E-state index in [4.69, 9.17) is 9.47 Å². The molecule has 2 aromatic carbocycles. The normalized spacial score (nSPS) is 11.3. The molecular weight excluding hydrogens is 392 g/mol. The molecule has 150 valence electrons. The molecule has 0 fully saturated rings. The number of nitrogens with one attached hydrogen (secondary N) is 2. The Bertz CT molecular complexity index is 1010. The Morgan fingerprint density at radius 2 is 1.86 bits per heavy atom. The molecule has 1 amide bonds. The molecule has 0 saturated heterocycles. The summed E-state index contributed by atoms with van der Waals surface area (Å²) < 4.78 is 10.3. The molecule has 0 saturated carbocycles. The number of aromatic nitrogens is 3. The first-order valence-electron chi connectivity index (χ1n) is 8.78. The summed E-state index contributed by atoms with van der Waals surface area (Å²) >= 11 is 1.53. The Balaban J connectivity index is 1.63. The summed E-state index contributed by atoms with van der Waals surface area (Å²) in [6.45, 7) is 0.118. The minimum absolute atomic E-state index is 0.118. The lowest BCUT2D eigenvalue weighted by atomic mass is 10.2. The Kier molecular flexibility index (Phi) is 7.23. The molecule has 0 spiro atoms. The van der Waals surface area contributed by atoms with Gasteiger partial charge in [0.1, 0.15) is 18.1 Å². The second-order valence-corrected chi connectivity index (χ2v) is 6.95. The summed E-state index contributed by atoms with van der Waals surface area (Å²) in [4.78, 5) is 30.1. The van der Waals surface area contributed by atoms with E-state index in [2.05, 4.69) is 20.2 Å². The van der Waals surface area contributed by atoms with Crippen LogP contribution in [0.25, 0.3) is 0 Å². The molecule has 3 aromatic rings. The van der Waals surface area contributed by atoms with Crippen molar-refractivity contribution in [3.63, 3.8) is 0 Å². The van der Waals surface area contributed by atoms with Gasteiger partial charge in [0.25, 0.3) is 0 Å². The van der Waals surface area contributed by atoms with Crippen molar-refractivity contribution in [2.45, 2.75) is 12.4 Å². The van der Waals surface area contributed by atoms with Gasteiger partial charge in [-0.05, 0) is 23.3 Å². The summed E-state index contributed by atoms with van der Waals surface area (Å²) in [5, 5.41) is 6.16. The highest BCUT2D eigenvalue weighted by Crippen LogP contribution is 2.17. The van der Waals surface area contributed by atoms with E-state index in [0.717, 1.165) is 16.9 Å². The second-order valence-electron chi connectivity index (χ2n) is 5.97. The number of ether oxygens (including phenoxy) is 2. The largest absolute Gasteiger partial charge is 0.497 e. The Hall–Kier alpha value is -3.33. The van der Waals surface area contributed by atoms with Gasteiger partial charge in [-0.3, -0.25) is 4.98 Å². The molecule has 8 nitrogen and oxygen atoms in total. The fourth-order valence-corrected chi connectivity index (χ4v) is 3.33. The molecule has 29 heavy (non-hydrogen) atoms. The molecule has 0 aliphatic carbocycles. The van der Waals surface area contributed by atoms with Gasteiger partial charge < -0.3 is 9.47 Å². The fourth-order valence-electron chi connectivity index (χ4n) is 2.41. The average Bonchev–Trinajstić information content (AvgIpc) is 3.19. The van der Waals surface area contributed by atoms with E-state index in [1.54, 1.807) is 7.11 Å². The van der Waals surface area contributed by atoms with E-state index in [1.807, 2.05) is 54.6 Å². The summed E-state index contributed by atoms with van der Waals surface area (Å²) in [5.41, 5.74) is 1.82. The van der Waals surface area contributed by atoms with Crippen molar-refractivity contribution in [1.29, 1.82) is 0 Å². The number of carbonyl (C=O) groups excluding carboxylic acids is 1. The molecule has 0 aliphatic rings. The number of thioether (sulfide) groups is 1. The van der Waals surface area contributed by atoms with E-state index in [-0.39, 0.29) is 12.4 Å². The van der Waals surface area contributed by atoms with E-state index >= 15 is 0 Å². The highest BCUT2D eigenvalue weighted by atomic mass is 32.2. The summed E-state index contributed by atoms with van der Waals surface area (Å²) in [5.74, 6) is 2.06. The van der Waals surface area contributed by atoms with Gasteiger partial charge >= 0.3 is 11.8 Å². The highest BCUT2D eigenvalue weighted by molar-refractivity contribution is 7.99. The van der Waals surface area contributed by atoms with Crippen LogP contribution < -0.4 is 10.4 Å². The van der Waals surface area contributed by atoms with Gasteiger partial charge in [0.05, 0.1) is 7.11 Å². The van der Waals surface area contributed by atoms with Crippen LogP contribution in [0.15, 0.2) is 64.4 Å². The van der Waals surface area contributed by atoms with Crippen LogP contribution in [0.4, 0.5) is 4.79 Å². The molecule has 0 radical (unpaired) electrons. The second kappa shape index (κ2) is 10.3.